The molecule has 3 rings (SSSR count). The highest BCUT2D eigenvalue weighted by molar-refractivity contribution is 7.92. The minimum absolute atomic E-state index is 0.0197. The van der Waals surface area contributed by atoms with Crippen molar-refractivity contribution in [2.75, 3.05) is 17.1 Å². The van der Waals surface area contributed by atoms with Gasteiger partial charge in [-0.25, -0.2) is 8.42 Å². The average molecular weight is 281 g/mol. The zero-order valence-corrected chi connectivity index (χ0v) is 11.1. The number of hydrogen-bond acceptors (Lipinski definition) is 4. The molecule has 2 aromatic rings. The van der Waals surface area contributed by atoms with Crippen molar-refractivity contribution in [1.29, 1.82) is 0 Å². The fourth-order valence-electron chi connectivity index (χ4n) is 2.25. The molecule has 0 bridgehead atoms. The van der Waals surface area contributed by atoms with Crippen molar-refractivity contribution < 1.29 is 13.2 Å². The number of aromatic nitrogens is 2. The van der Waals surface area contributed by atoms with E-state index in [2.05, 4.69) is 14.9 Å². The summed E-state index contributed by atoms with van der Waals surface area (Å²) in [5.41, 5.74) is 0.803. The third-order valence-electron chi connectivity index (χ3n) is 3.15. The summed E-state index contributed by atoms with van der Waals surface area (Å²) in [4.78, 5) is 0. The molecule has 1 saturated heterocycles. The number of fused-ring (bicyclic) bond motifs is 1. The third kappa shape index (κ3) is 2.71. The molecule has 0 aliphatic carbocycles. The van der Waals surface area contributed by atoms with Crippen molar-refractivity contribution in [3.63, 3.8) is 0 Å². The Morgan fingerprint density at radius 1 is 1.42 bits per heavy atom. The number of aromatic amines is 1. The quantitative estimate of drug-likeness (QED) is 0.889. The number of H-pyrrole nitrogens is 1. The largest absolute Gasteiger partial charge is 0.377 e. The molecule has 1 aliphatic heterocycles. The Morgan fingerprint density at radius 3 is 3.05 bits per heavy atom. The van der Waals surface area contributed by atoms with E-state index in [0.717, 1.165) is 23.7 Å². The van der Waals surface area contributed by atoms with Crippen LogP contribution in [0.15, 0.2) is 24.3 Å². The zero-order chi connectivity index (χ0) is 13.3. The van der Waals surface area contributed by atoms with E-state index in [1.807, 2.05) is 24.3 Å². The molecule has 2 heterocycles. The molecule has 1 atom stereocenters. The molecule has 19 heavy (non-hydrogen) atoms. The smallest absolute Gasteiger partial charge is 0.236 e. The Kier molecular flexibility index (Phi) is 3.16. The highest BCUT2D eigenvalue weighted by Crippen LogP contribution is 2.21. The molecule has 7 heteroatoms. The Balaban J connectivity index is 1.79. The van der Waals surface area contributed by atoms with Crippen molar-refractivity contribution in [2.45, 2.75) is 18.9 Å². The molecule has 102 valence electrons. The molecular formula is C12H15N3O3S. The Labute approximate surface area is 111 Å². The van der Waals surface area contributed by atoms with Crippen LogP contribution in [0, 0.1) is 0 Å². The summed E-state index contributed by atoms with van der Waals surface area (Å²) in [6.45, 7) is 0.644. The van der Waals surface area contributed by atoms with E-state index < -0.39 is 10.0 Å². The monoisotopic (exact) mass is 281 g/mol. The lowest BCUT2D eigenvalue weighted by Crippen LogP contribution is -2.25. The predicted molar refractivity (Wildman–Crippen MR) is 72.5 cm³/mol. The van der Waals surface area contributed by atoms with Crippen LogP contribution in [0.5, 0.6) is 0 Å². The minimum atomic E-state index is -3.44. The van der Waals surface area contributed by atoms with Gasteiger partial charge in [0.1, 0.15) is 0 Å². The van der Waals surface area contributed by atoms with Crippen LogP contribution >= 0.6 is 0 Å². The SMILES string of the molecule is O=S(=O)(CC1CCCO1)Nc1n[nH]c2ccccc12. The highest BCUT2D eigenvalue weighted by atomic mass is 32.2. The number of anilines is 1. The zero-order valence-electron chi connectivity index (χ0n) is 10.3. The average Bonchev–Trinajstić information content (AvgIpc) is 2.99. The summed E-state index contributed by atoms with van der Waals surface area (Å²) < 4.78 is 32.0. The van der Waals surface area contributed by atoms with E-state index in [0.29, 0.717) is 12.4 Å². The minimum Gasteiger partial charge on any atom is -0.377 e. The summed E-state index contributed by atoms with van der Waals surface area (Å²) in [6.07, 6.45) is 1.51. The number of rotatable bonds is 4. The second-order valence-electron chi connectivity index (χ2n) is 4.64. The van der Waals surface area contributed by atoms with Crippen LogP contribution in [0.2, 0.25) is 0 Å². The molecule has 6 nitrogen and oxygen atoms in total. The number of ether oxygens (including phenoxy) is 1. The second kappa shape index (κ2) is 4.82. The van der Waals surface area contributed by atoms with Gasteiger partial charge in [0.05, 0.1) is 17.4 Å². The van der Waals surface area contributed by atoms with Gasteiger partial charge in [0.25, 0.3) is 0 Å². The fourth-order valence-corrected chi connectivity index (χ4v) is 3.54. The van der Waals surface area contributed by atoms with Crippen LogP contribution in [-0.4, -0.2) is 37.1 Å². The Hall–Kier alpha value is -1.60. The van der Waals surface area contributed by atoms with Crippen LogP contribution in [0.3, 0.4) is 0 Å². The summed E-state index contributed by atoms with van der Waals surface area (Å²) in [7, 11) is -3.44. The second-order valence-corrected chi connectivity index (χ2v) is 6.40. The van der Waals surface area contributed by atoms with E-state index in [1.54, 1.807) is 0 Å². The first-order valence-corrected chi connectivity index (χ1v) is 7.84. The van der Waals surface area contributed by atoms with Crippen molar-refractivity contribution in [3.05, 3.63) is 24.3 Å². The maximum Gasteiger partial charge on any atom is 0.236 e. The molecular weight excluding hydrogens is 266 g/mol. The lowest BCUT2D eigenvalue weighted by Gasteiger charge is -2.10. The van der Waals surface area contributed by atoms with Gasteiger partial charge >= 0.3 is 0 Å². The molecule has 0 spiro atoms. The maximum atomic E-state index is 12.1. The van der Waals surface area contributed by atoms with E-state index in [-0.39, 0.29) is 11.9 Å². The topological polar surface area (TPSA) is 84.1 Å². The lowest BCUT2D eigenvalue weighted by molar-refractivity contribution is 0.127. The molecule has 1 aliphatic rings. The predicted octanol–water partition coefficient (Wildman–Crippen LogP) is 1.48. The van der Waals surface area contributed by atoms with Gasteiger partial charge in [-0.1, -0.05) is 12.1 Å². The molecule has 1 unspecified atom stereocenters. The normalized spacial score (nSPS) is 19.9. The number of nitrogens with one attached hydrogen (secondary N) is 2. The molecule has 1 aromatic heterocycles. The van der Waals surface area contributed by atoms with Gasteiger partial charge in [-0.3, -0.25) is 9.82 Å². The molecule has 2 N–H and O–H groups in total. The van der Waals surface area contributed by atoms with Crippen molar-refractivity contribution in [1.82, 2.24) is 10.2 Å². The van der Waals surface area contributed by atoms with Crippen LogP contribution < -0.4 is 4.72 Å². The summed E-state index contributed by atoms with van der Waals surface area (Å²) in [5, 5.41) is 7.56. The highest BCUT2D eigenvalue weighted by Gasteiger charge is 2.24. The van der Waals surface area contributed by atoms with Crippen molar-refractivity contribution >= 4 is 26.7 Å². The summed E-state index contributed by atoms with van der Waals surface area (Å²) in [5.74, 6) is 0.322. The molecule has 0 amide bonds. The number of sulfonamides is 1. The Bertz CT molecular complexity index is 674. The van der Waals surface area contributed by atoms with E-state index in [1.165, 1.54) is 0 Å². The van der Waals surface area contributed by atoms with Crippen LogP contribution in [0.1, 0.15) is 12.8 Å². The standard InChI is InChI=1S/C12H15N3O3S/c16-19(17,8-9-4-3-7-18-9)15-12-10-5-1-2-6-11(10)13-14-12/h1-2,5-6,9H,3-4,7-8H2,(H2,13,14,15). The van der Waals surface area contributed by atoms with Crippen molar-refractivity contribution in [3.8, 4) is 0 Å². The number of benzene rings is 1. The van der Waals surface area contributed by atoms with Gasteiger partial charge in [0, 0.05) is 12.0 Å². The first-order chi connectivity index (χ1) is 9.14. The van der Waals surface area contributed by atoms with Gasteiger partial charge in [-0.15, -0.1) is 0 Å². The first kappa shape index (κ1) is 12.4. The summed E-state index contributed by atoms with van der Waals surface area (Å²) >= 11 is 0. The van der Waals surface area contributed by atoms with Crippen LogP contribution in [0.25, 0.3) is 10.9 Å². The van der Waals surface area contributed by atoms with E-state index >= 15 is 0 Å². The number of hydrogen-bond donors (Lipinski definition) is 2. The van der Waals surface area contributed by atoms with Gasteiger partial charge in [-0.05, 0) is 25.0 Å². The van der Waals surface area contributed by atoms with E-state index in [4.69, 9.17) is 4.74 Å². The van der Waals surface area contributed by atoms with Gasteiger partial charge in [-0.2, -0.15) is 5.10 Å². The Morgan fingerprint density at radius 2 is 2.26 bits per heavy atom. The van der Waals surface area contributed by atoms with Crippen LogP contribution in [-0.2, 0) is 14.8 Å². The molecule has 1 aromatic carbocycles. The lowest BCUT2D eigenvalue weighted by atomic mass is 10.2. The first-order valence-electron chi connectivity index (χ1n) is 6.19. The van der Waals surface area contributed by atoms with E-state index in [9.17, 15) is 8.42 Å². The third-order valence-corrected chi connectivity index (χ3v) is 4.47. The molecule has 1 fully saturated rings. The molecule has 0 saturated carbocycles. The van der Waals surface area contributed by atoms with Crippen LogP contribution in [0.4, 0.5) is 5.82 Å². The summed E-state index contributed by atoms with van der Waals surface area (Å²) in [6, 6.07) is 7.38. The van der Waals surface area contributed by atoms with Gasteiger partial charge in [0.2, 0.25) is 10.0 Å². The van der Waals surface area contributed by atoms with Gasteiger partial charge in [0.15, 0.2) is 5.82 Å². The van der Waals surface area contributed by atoms with Gasteiger partial charge < -0.3 is 4.74 Å². The number of nitrogens with zero attached hydrogens (tertiary/aromatic N) is 1. The number of para-hydroxylation sites is 1. The molecule has 0 radical (unpaired) electrons. The maximum absolute atomic E-state index is 12.1. The fraction of sp³-hybridized carbons (Fsp3) is 0.417. The van der Waals surface area contributed by atoms with Crippen molar-refractivity contribution in [2.24, 2.45) is 0 Å².